The lowest BCUT2D eigenvalue weighted by molar-refractivity contribution is -0.318. The van der Waals surface area contributed by atoms with Crippen molar-refractivity contribution in [1.29, 1.82) is 0 Å². The Hall–Kier alpha value is -1.34. The third-order valence-corrected chi connectivity index (χ3v) is 11.8. The fraction of sp³-hybridized carbons (Fsp3) is 0.947. The fourth-order valence-electron chi connectivity index (χ4n) is 8.41. The molecular formula is C38H71NO14. The van der Waals surface area contributed by atoms with E-state index in [4.69, 9.17) is 33.5 Å². The van der Waals surface area contributed by atoms with Gasteiger partial charge < -0.3 is 64.0 Å². The van der Waals surface area contributed by atoms with Crippen LogP contribution in [-0.2, 0) is 38.0 Å². The molecule has 15 heteroatoms. The number of aliphatic hydroxyl groups is 6. The Bertz CT molecular complexity index is 1170. The minimum atomic E-state index is -1.99. The standard InChI is InChI=1S/C37H67NO13.CH4O/c1-14-25-37(10,45)30(41)20(4)27(39)18(2)16-35(8,44)32(51-34-28(40)24(38(11)12)15-19(3)47-34)21(5)29(22(6)33(43)49-25)50-26-17-36(9,46-13)31(42)23(7)48-26;1-2/h18-26,28-32,34,40-42,44-45H,14-17H2,1-13H3;2H,1H3/t18-,19-,20+,21-,22-,23+,24+,25-,26+,28-,29+,30+,31+,32-,34+,35-,36-,37-;/m1./s1. The molecular weight excluding hydrogens is 694 g/mol. The molecule has 0 bridgehead atoms. The number of methoxy groups -OCH3 is 1. The summed E-state index contributed by atoms with van der Waals surface area (Å²) in [5.41, 5.74) is -4.84. The topological polar surface area (TPSA) is 214 Å². The van der Waals surface area contributed by atoms with Gasteiger partial charge in [-0.2, -0.15) is 0 Å². The van der Waals surface area contributed by atoms with E-state index in [1.54, 1.807) is 41.5 Å². The Labute approximate surface area is 316 Å². The molecule has 3 saturated heterocycles. The van der Waals surface area contributed by atoms with Gasteiger partial charge in [0.25, 0.3) is 0 Å². The Kier molecular flexibility index (Phi) is 17.3. The summed E-state index contributed by atoms with van der Waals surface area (Å²) < 4.78 is 37.1. The average Bonchev–Trinajstić information content (AvgIpc) is 3.10. The van der Waals surface area contributed by atoms with Crippen molar-refractivity contribution in [3.63, 3.8) is 0 Å². The number of carbonyl (C=O) groups is 2. The van der Waals surface area contributed by atoms with Gasteiger partial charge in [-0.1, -0.05) is 27.7 Å². The van der Waals surface area contributed by atoms with Crippen molar-refractivity contribution in [2.45, 2.75) is 179 Å². The van der Waals surface area contributed by atoms with Gasteiger partial charge in [0.05, 0.1) is 47.6 Å². The number of rotatable bonds is 7. The molecule has 15 nitrogen and oxygen atoms in total. The third kappa shape index (κ3) is 10.7. The van der Waals surface area contributed by atoms with Gasteiger partial charge in [0, 0.05) is 44.4 Å². The average molecular weight is 766 g/mol. The van der Waals surface area contributed by atoms with Crippen molar-refractivity contribution in [2.24, 2.45) is 23.7 Å². The molecule has 0 aromatic heterocycles. The molecule has 3 fully saturated rings. The van der Waals surface area contributed by atoms with Crippen LogP contribution in [0.1, 0.15) is 94.9 Å². The number of likely N-dealkylation sites (N-methyl/N-ethyl adjacent to an activating group) is 1. The molecule has 18 atom stereocenters. The van der Waals surface area contributed by atoms with Crippen LogP contribution in [0.3, 0.4) is 0 Å². The third-order valence-electron chi connectivity index (χ3n) is 11.8. The molecule has 312 valence electrons. The maximum atomic E-state index is 14.1. The number of ketones is 1. The summed E-state index contributed by atoms with van der Waals surface area (Å²) in [7, 11) is 6.18. The van der Waals surface area contributed by atoms with Crippen LogP contribution in [0.2, 0.25) is 0 Å². The zero-order valence-corrected chi connectivity index (χ0v) is 34.4. The zero-order valence-electron chi connectivity index (χ0n) is 34.4. The maximum Gasteiger partial charge on any atom is 0.311 e. The smallest absolute Gasteiger partial charge is 0.311 e. The monoisotopic (exact) mass is 765 g/mol. The van der Waals surface area contributed by atoms with Crippen LogP contribution in [0, 0.1) is 23.7 Å². The molecule has 53 heavy (non-hydrogen) atoms. The fourth-order valence-corrected chi connectivity index (χ4v) is 8.41. The van der Waals surface area contributed by atoms with E-state index in [1.807, 2.05) is 25.9 Å². The highest BCUT2D eigenvalue weighted by Crippen LogP contribution is 2.40. The molecule has 0 spiro atoms. The summed E-state index contributed by atoms with van der Waals surface area (Å²) in [5.74, 6) is -4.98. The van der Waals surface area contributed by atoms with Gasteiger partial charge in [-0.15, -0.1) is 0 Å². The minimum absolute atomic E-state index is 0.0936. The van der Waals surface area contributed by atoms with E-state index >= 15 is 0 Å². The van der Waals surface area contributed by atoms with E-state index in [0.29, 0.717) is 6.42 Å². The van der Waals surface area contributed by atoms with E-state index in [1.165, 1.54) is 27.9 Å². The molecule has 0 saturated carbocycles. The first kappa shape index (κ1) is 47.8. The van der Waals surface area contributed by atoms with Gasteiger partial charge >= 0.3 is 5.97 Å². The largest absolute Gasteiger partial charge is 0.459 e. The number of Topliss-reactive ketones (excluding diaryl/α,β-unsaturated/α-hetero) is 1. The Morgan fingerprint density at radius 2 is 1.45 bits per heavy atom. The lowest BCUT2D eigenvalue weighted by Crippen LogP contribution is -2.61. The number of esters is 1. The summed E-state index contributed by atoms with van der Waals surface area (Å²) >= 11 is 0. The Morgan fingerprint density at radius 3 is 1.98 bits per heavy atom. The second-order valence-corrected chi connectivity index (χ2v) is 16.5. The maximum absolute atomic E-state index is 14.1. The summed E-state index contributed by atoms with van der Waals surface area (Å²) in [6.07, 6.45) is -9.71. The number of ether oxygens (including phenoxy) is 6. The highest BCUT2D eigenvalue weighted by molar-refractivity contribution is 5.83. The molecule has 3 aliphatic heterocycles. The van der Waals surface area contributed by atoms with Crippen molar-refractivity contribution in [1.82, 2.24) is 4.90 Å². The van der Waals surface area contributed by atoms with Crippen molar-refractivity contribution in [2.75, 3.05) is 28.3 Å². The first-order chi connectivity index (χ1) is 24.4. The molecule has 0 aromatic rings. The van der Waals surface area contributed by atoms with Crippen molar-refractivity contribution < 1.29 is 68.6 Å². The molecule has 6 N–H and O–H groups in total. The van der Waals surface area contributed by atoms with E-state index in [9.17, 15) is 35.1 Å². The summed E-state index contributed by atoms with van der Waals surface area (Å²) in [6.45, 7) is 16.3. The number of nitrogens with zero attached hydrogens (tertiary/aromatic N) is 1. The molecule has 0 unspecified atom stereocenters. The van der Waals surface area contributed by atoms with Crippen LogP contribution in [0.15, 0.2) is 0 Å². The molecule has 0 radical (unpaired) electrons. The van der Waals surface area contributed by atoms with Crippen LogP contribution in [0.5, 0.6) is 0 Å². The van der Waals surface area contributed by atoms with Crippen LogP contribution >= 0.6 is 0 Å². The van der Waals surface area contributed by atoms with Gasteiger partial charge in [-0.05, 0) is 74.9 Å². The highest BCUT2D eigenvalue weighted by atomic mass is 16.7. The summed E-state index contributed by atoms with van der Waals surface area (Å²) in [6, 6.07) is -0.324. The lowest BCUT2D eigenvalue weighted by Gasteiger charge is -2.49. The number of hydrogen-bond donors (Lipinski definition) is 6. The quantitative estimate of drug-likeness (QED) is 0.202. The van der Waals surface area contributed by atoms with Crippen molar-refractivity contribution >= 4 is 11.8 Å². The van der Waals surface area contributed by atoms with Crippen LogP contribution in [-0.4, -0.2) is 160 Å². The van der Waals surface area contributed by atoms with Crippen LogP contribution < -0.4 is 0 Å². The minimum Gasteiger partial charge on any atom is -0.459 e. The number of hydrogen-bond acceptors (Lipinski definition) is 15. The summed E-state index contributed by atoms with van der Waals surface area (Å²) in [4.78, 5) is 29.8. The number of aliphatic hydroxyl groups excluding tert-OH is 4. The van der Waals surface area contributed by atoms with Crippen LogP contribution in [0.4, 0.5) is 0 Å². The van der Waals surface area contributed by atoms with Gasteiger partial charge in [0.15, 0.2) is 12.6 Å². The Morgan fingerprint density at radius 1 is 0.868 bits per heavy atom. The zero-order chi connectivity index (χ0) is 41.0. The van der Waals surface area contributed by atoms with E-state index in [2.05, 4.69) is 0 Å². The first-order valence-electron chi connectivity index (χ1n) is 18.9. The Balaban J connectivity index is 0.00000477. The molecule has 0 aromatic carbocycles. The van der Waals surface area contributed by atoms with Gasteiger partial charge in [0.1, 0.15) is 29.7 Å². The molecule has 0 aliphatic carbocycles. The van der Waals surface area contributed by atoms with Crippen LogP contribution in [0.25, 0.3) is 0 Å². The number of carbonyl (C=O) groups excluding carboxylic acids is 2. The van der Waals surface area contributed by atoms with E-state index < -0.39 is 108 Å². The molecule has 3 rings (SSSR count). The summed E-state index contributed by atoms with van der Waals surface area (Å²) in [5, 5.41) is 64.6. The predicted molar refractivity (Wildman–Crippen MR) is 194 cm³/mol. The SMILES string of the molecule is CC[C@H]1OC(=O)[C@H](C)[C@@H](O[C@H]2C[C@@](C)(OC)[C@@H](O)[C@H](C)O2)[C@@H](C)[C@@H](O[C@@H]2O[C@H](C)C[C@H](N(C)C)[C@H]2O)[C@](C)(O)C[C@@H](C)C(=O)[C@H](C)[C@H](O)[C@]1(C)O.CO. The van der Waals surface area contributed by atoms with Crippen molar-refractivity contribution in [3.05, 3.63) is 0 Å². The van der Waals surface area contributed by atoms with E-state index in [0.717, 1.165) is 7.11 Å². The highest BCUT2D eigenvalue weighted by Gasteiger charge is 2.53. The van der Waals surface area contributed by atoms with Gasteiger partial charge in [0.2, 0.25) is 0 Å². The number of cyclic esters (lactones) is 1. The normalized spacial score (nSPS) is 48.0. The molecule has 3 heterocycles. The second kappa shape index (κ2) is 19.2. The van der Waals surface area contributed by atoms with E-state index in [-0.39, 0.29) is 31.4 Å². The van der Waals surface area contributed by atoms with Crippen molar-refractivity contribution in [3.8, 4) is 0 Å². The van der Waals surface area contributed by atoms with Gasteiger partial charge in [-0.3, -0.25) is 9.59 Å². The first-order valence-corrected chi connectivity index (χ1v) is 18.9. The lowest BCUT2D eigenvalue weighted by atomic mass is 9.74. The predicted octanol–water partition coefficient (Wildman–Crippen LogP) is 1.39. The molecule has 0 amide bonds. The molecule has 3 aliphatic rings. The van der Waals surface area contributed by atoms with Gasteiger partial charge in [-0.25, -0.2) is 0 Å². The second-order valence-electron chi connectivity index (χ2n) is 16.5.